The molecule has 3 heteroatoms. The normalized spacial score (nSPS) is 8.70. The van der Waals surface area contributed by atoms with Crippen LogP contribution in [0.2, 0.25) is 0 Å². The minimum atomic E-state index is -0.745. The third-order valence-electron chi connectivity index (χ3n) is 0.644. The first-order valence-electron chi connectivity index (χ1n) is 3.12. The molecule has 2 N–H and O–H groups in total. The molecule has 0 rings (SSSR count). The molecule has 10 heavy (non-hydrogen) atoms. The topological polar surface area (TPSA) is 57.5 Å². The largest absolute Gasteiger partial charge is 0.481 e. The van der Waals surface area contributed by atoms with Crippen molar-refractivity contribution in [2.75, 3.05) is 6.61 Å². The average Bonchev–Trinajstić information content (AvgIpc) is 1.91. The van der Waals surface area contributed by atoms with Crippen LogP contribution in [-0.2, 0) is 4.79 Å². The Balaban J connectivity index is 0. The average molecular weight is 146 g/mol. The lowest BCUT2D eigenvalue weighted by molar-refractivity contribution is -0.136. The van der Waals surface area contributed by atoms with Gasteiger partial charge in [-0.05, 0) is 6.92 Å². The maximum atomic E-state index is 9.37. The predicted octanol–water partition coefficient (Wildman–Crippen LogP) is 1.04. The standard InChI is InChI=1S/C4H8O.C3H6O2/c1-2-3-4-5;1-2-3(4)5/h2-3,5H,4H2,1H3;2H2,1H3,(H,4,5)/b3-2+;. The van der Waals surface area contributed by atoms with Crippen molar-refractivity contribution in [1.29, 1.82) is 0 Å². The highest BCUT2D eigenvalue weighted by atomic mass is 16.4. The van der Waals surface area contributed by atoms with Gasteiger partial charge in [0.05, 0.1) is 6.61 Å². The van der Waals surface area contributed by atoms with E-state index in [2.05, 4.69) is 0 Å². The zero-order valence-corrected chi connectivity index (χ0v) is 6.37. The highest BCUT2D eigenvalue weighted by Crippen LogP contribution is 1.67. The van der Waals surface area contributed by atoms with E-state index in [0.29, 0.717) is 0 Å². The van der Waals surface area contributed by atoms with E-state index in [1.54, 1.807) is 19.1 Å². The molecule has 0 fully saturated rings. The Morgan fingerprint density at radius 1 is 1.60 bits per heavy atom. The summed E-state index contributed by atoms with van der Waals surface area (Å²) in [6.07, 6.45) is 3.71. The summed E-state index contributed by atoms with van der Waals surface area (Å²) in [5.74, 6) is -0.745. The van der Waals surface area contributed by atoms with Crippen molar-refractivity contribution < 1.29 is 15.0 Å². The summed E-state index contributed by atoms with van der Waals surface area (Å²) in [4.78, 5) is 9.37. The SMILES string of the molecule is C/C=C/CO.CCC(=O)O. The van der Waals surface area contributed by atoms with Crippen molar-refractivity contribution in [3.8, 4) is 0 Å². The molecule has 0 saturated carbocycles. The molecule has 0 aromatic carbocycles. The number of carboxylic acid groups (broad SMARTS) is 1. The van der Waals surface area contributed by atoms with Crippen LogP contribution < -0.4 is 0 Å². The molecule has 60 valence electrons. The van der Waals surface area contributed by atoms with Crippen LogP contribution in [0.4, 0.5) is 0 Å². The molecule has 0 aromatic heterocycles. The maximum Gasteiger partial charge on any atom is 0.303 e. The van der Waals surface area contributed by atoms with Crippen LogP contribution in [0.5, 0.6) is 0 Å². The Labute approximate surface area is 61.0 Å². The Kier molecular flexibility index (Phi) is 13.1. The van der Waals surface area contributed by atoms with Gasteiger partial charge in [-0.3, -0.25) is 4.79 Å². The molecule has 3 nitrogen and oxygen atoms in total. The van der Waals surface area contributed by atoms with E-state index in [-0.39, 0.29) is 13.0 Å². The summed E-state index contributed by atoms with van der Waals surface area (Å²) in [6, 6.07) is 0. The van der Waals surface area contributed by atoms with Gasteiger partial charge in [0, 0.05) is 6.42 Å². The second-order valence-corrected chi connectivity index (χ2v) is 1.50. The molecule has 0 aliphatic rings. The van der Waals surface area contributed by atoms with Gasteiger partial charge in [-0.15, -0.1) is 0 Å². The van der Waals surface area contributed by atoms with Gasteiger partial charge in [-0.25, -0.2) is 0 Å². The van der Waals surface area contributed by atoms with Crippen LogP contribution in [0.1, 0.15) is 20.3 Å². The van der Waals surface area contributed by atoms with Gasteiger partial charge in [0.15, 0.2) is 0 Å². The van der Waals surface area contributed by atoms with E-state index < -0.39 is 5.97 Å². The molecular weight excluding hydrogens is 132 g/mol. The van der Waals surface area contributed by atoms with Crippen LogP contribution in [0.25, 0.3) is 0 Å². The molecule has 0 unspecified atom stereocenters. The van der Waals surface area contributed by atoms with Crippen molar-refractivity contribution >= 4 is 5.97 Å². The molecule has 0 saturated heterocycles. The van der Waals surface area contributed by atoms with Gasteiger partial charge in [0.2, 0.25) is 0 Å². The van der Waals surface area contributed by atoms with Crippen molar-refractivity contribution in [3.63, 3.8) is 0 Å². The smallest absolute Gasteiger partial charge is 0.303 e. The fraction of sp³-hybridized carbons (Fsp3) is 0.571. The number of hydrogen-bond donors (Lipinski definition) is 2. The van der Waals surface area contributed by atoms with Gasteiger partial charge in [-0.1, -0.05) is 19.1 Å². The lowest BCUT2D eigenvalue weighted by atomic mass is 10.5. The van der Waals surface area contributed by atoms with E-state index in [1.807, 2.05) is 6.92 Å². The zero-order valence-electron chi connectivity index (χ0n) is 6.37. The Morgan fingerprint density at radius 3 is 2.00 bits per heavy atom. The van der Waals surface area contributed by atoms with Crippen LogP contribution in [0, 0.1) is 0 Å². The quantitative estimate of drug-likeness (QED) is 0.572. The Hall–Kier alpha value is -0.830. The van der Waals surface area contributed by atoms with Crippen LogP contribution in [-0.4, -0.2) is 22.8 Å². The van der Waals surface area contributed by atoms with Crippen molar-refractivity contribution in [3.05, 3.63) is 12.2 Å². The van der Waals surface area contributed by atoms with E-state index in [1.165, 1.54) is 0 Å². The van der Waals surface area contributed by atoms with E-state index >= 15 is 0 Å². The van der Waals surface area contributed by atoms with Gasteiger partial charge in [-0.2, -0.15) is 0 Å². The zero-order chi connectivity index (χ0) is 8.41. The van der Waals surface area contributed by atoms with Crippen LogP contribution >= 0.6 is 0 Å². The number of carbonyl (C=O) groups is 1. The molecule has 0 aliphatic heterocycles. The lowest BCUT2D eigenvalue weighted by Crippen LogP contribution is -1.86. The van der Waals surface area contributed by atoms with E-state index in [4.69, 9.17) is 10.2 Å². The highest BCUT2D eigenvalue weighted by molar-refractivity contribution is 5.66. The Morgan fingerprint density at radius 2 is 2.00 bits per heavy atom. The molecular formula is C7H14O3. The molecule has 0 spiro atoms. The first-order valence-corrected chi connectivity index (χ1v) is 3.12. The summed E-state index contributed by atoms with van der Waals surface area (Å²) in [5, 5.41) is 15.7. The number of aliphatic hydroxyl groups is 1. The number of aliphatic hydroxyl groups excluding tert-OH is 1. The predicted molar refractivity (Wildman–Crippen MR) is 39.8 cm³/mol. The fourth-order valence-electron chi connectivity index (χ4n) is 0.105. The molecule has 0 bridgehead atoms. The first-order chi connectivity index (χ1) is 4.68. The third-order valence-corrected chi connectivity index (χ3v) is 0.644. The van der Waals surface area contributed by atoms with Gasteiger partial charge in [0.25, 0.3) is 0 Å². The first kappa shape index (κ1) is 11.9. The Bertz CT molecular complexity index is 97.0. The fourth-order valence-corrected chi connectivity index (χ4v) is 0.105. The number of allylic oxidation sites excluding steroid dienone is 1. The molecule has 0 radical (unpaired) electrons. The molecule has 0 amide bonds. The number of aliphatic carboxylic acids is 1. The lowest BCUT2D eigenvalue weighted by Gasteiger charge is -1.71. The van der Waals surface area contributed by atoms with E-state index in [0.717, 1.165) is 0 Å². The van der Waals surface area contributed by atoms with Crippen LogP contribution in [0.15, 0.2) is 12.2 Å². The second-order valence-electron chi connectivity index (χ2n) is 1.50. The number of rotatable bonds is 2. The summed E-state index contributed by atoms with van der Waals surface area (Å²) >= 11 is 0. The van der Waals surface area contributed by atoms with E-state index in [9.17, 15) is 4.79 Å². The summed E-state index contributed by atoms with van der Waals surface area (Å²) in [5.41, 5.74) is 0. The van der Waals surface area contributed by atoms with Crippen molar-refractivity contribution in [2.45, 2.75) is 20.3 Å². The third kappa shape index (κ3) is 27.2. The summed E-state index contributed by atoms with van der Waals surface area (Å²) < 4.78 is 0. The van der Waals surface area contributed by atoms with Gasteiger partial charge >= 0.3 is 5.97 Å². The van der Waals surface area contributed by atoms with Crippen LogP contribution in [0.3, 0.4) is 0 Å². The van der Waals surface area contributed by atoms with Gasteiger partial charge in [0.1, 0.15) is 0 Å². The van der Waals surface area contributed by atoms with Crippen molar-refractivity contribution in [2.24, 2.45) is 0 Å². The number of carboxylic acids is 1. The summed E-state index contributed by atoms with van der Waals surface area (Å²) in [7, 11) is 0. The maximum absolute atomic E-state index is 9.37. The molecule has 0 aromatic rings. The van der Waals surface area contributed by atoms with Crippen molar-refractivity contribution in [1.82, 2.24) is 0 Å². The summed E-state index contributed by atoms with van der Waals surface area (Å²) in [6.45, 7) is 3.63. The second kappa shape index (κ2) is 11.0. The minimum absolute atomic E-state index is 0.163. The highest BCUT2D eigenvalue weighted by Gasteiger charge is 1.80. The van der Waals surface area contributed by atoms with Gasteiger partial charge < -0.3 is 10.2 Å². The minimum Gasteiger partial charge on any atom is -0.481 e. The molecule has 0 heterocycles. The molecule has 0 aliphatic carbocycles. The molecule has 0 atom stereocenters. The monoisotopic (exact) mass is 146 g/mol. The number of hydrogen-bond acceptors (Lipinski definition) is 2.